The van der Waals surface area contributed by atoms with Crippen LogP contribution < -0.4 is 0 Å². The first-order chi connectivity index (χ1) is 6.68. The van der Waals surface area contributed by atoms with Gasteiger partial charge in [-0.3, -0.25) is 5.10 Å². The van der Waals surface area contributed by atoms with Crippen LogP contribution >= 0.6 is 15.9 Å². The first kappa shape index (κ1) is 8.95. The zero-order chi connectivity index (χ0) is 10.1. The molecule has 0 atom stereocenters. The monoisotopic (exact) mass is 257 g/mol. The van der Waals surface area contributed by atoms with E-state index in [4.69, 9.17) is 9.52 Å². The van der Waals surface area contributed by atoms with Crippen molar-refractivity contribution in [1.82, 2.24) is 15.2 Å². The van der Waals surface area contributed by atoms with Crippen molar-refractivity contribution in [1.29, 1.82) is 0 Å². The molecule has 2 aromatic rings. The molecule has 2 N–H and O–H groups in total. The first-order valence-corrected chi connectivity index (χ1v) is 4.36. The van der Waals surface area contributed by atoms with Crippen LogP contribution in [0.3, 0.4) is 0 Å². The quantitative estimate of drug-likeness (QED) is 0.851. The van der Waals surface area contributed by atoms with Crippen LogP contribution in [0.4, 0.5) is 0 Å². The lowest BCUT2D eigenvalue weighted by molar-refractivity contribution is 0.0690. The molecule has 2 heterocycles. The molecule has 2 aromatic heterocycles. The van der Waals surface area contributed by atoms with Crippen LogP contribution in [-0.4, -0.2) is 26.3 Å². The average Bonchev–Trinajstić information content (AvgIpc) is 2.71. The number of nitrogens with zero attached hydrogens (tertiary/aromatic N) is 2. The number of nitrogens with one attached hydrogen (secondary N) is 1. The summed E-state index contributed by atoms with van der Waals surface area (Å²) in [6, 6.07) is 0. The summed E-state index contributed by atoms with van der Waals surface area (Å²) >= 11 is 3.21. The van der Waals surface area contributed by atoms with Crippen molar-refractivity contribution in [2.45, 2.75) is 0 Å². The third kappa shape index (κ3) is 1.41. The highest BCUT2D eigenvalue weighted by Gasteiger charge is 2.15. The van der Waals surface area contributed by atoms with Crippen molar-refractivity contribution >= 4 is 21.9 Å². The Morgan fingerprint density at radius 2 is 2.43 bits per heavy atom. The Morgan fingerprint density at radius 3 is 2.93 bits per heavy atom. The normalized spacial score (nSPS) is 10.4. The van der Waals surface area contributed by atoms with Gasteiger partial charge in [0.15, 0.2) is 11.4 Å². The second kappa shape index (κ2) is 3.26. The first-order valence-electron chi connectivity index (χ1n) is 3.57. The largest absolute Gasteiger partial charge is 0.476 e. The van der Waals surface area contributed by atoms with E-state index in [1.807, 2.05) is 0 Å². The predicted molar refractivity (Wildman–Crippen MR) is 48.7 cm³/mol. The molecule has 0 aliphatic rings. The standard InChI is InChI=1S/C7H4BrN3O3/c8-3-1-9-11-5(3)6-10-4(2-14-6)7(12)13/h1-2H,(H,9,11)(H,12,13). The van der Waals surface area contributed by atoms with E-state index in [1.54, 1.807) is 6.20 Å². The fourth-order valence-electron chi connectivity index (χ4n) is 0.906. The summed E-state index contributed by atoms with van der Waals surface area (Å²) in [5.41, 5.74) is 0.299. The number of hydrogen-bond donors (Lipinski definition) is 2. The highest BCUT2D eigenvalue weighted by molar-refractivity contribution is 9.10. The zero-order valence-electron chi connectivity index (χ0n) is 6.69. The third-order valence-corrected chi connectivity index (χ3v) is 2.12. The molecule has 0 aliphatic heterocycles. The highest BCUT2D eigenvalue weighted by atomic mass is 79.9. The zero-order valence-corrected chi connectivity index (χ0v) is 8.28. The Balaban J connectivity index is 2.43. The van der Waals surface area contributed by atoms with Gasteiger partial charge in [0.25, 0.3) is 0 Å². The summed E-state index contributed by atoms with van der Waals surface area (Å²) in [5, 5.41) is 15.0. The highest BCUT2D eigenvalue weighted by Crippen LogP contribution is 2.24. The number of carboxylic acid groups (broad SMARTS) is 1. The summed E-state index contributed by atoms with van der Waals surface area (Å²) < 4.78 is 5.61. The molecule has 0 saturated heterocycles. The molecule has 0 fully saturated rings. The van der Waals surface area contributed by atoms with E-state index >= 15 is 0 Å². The Morgan fingerprint density at radius 1 is 1.64 bits per heavy atom. The van der Waals surface area contributed by atoms with Crippen LogP contribution in [0.5, 0.6) is 0 Å². The number of aromatic carboxylic acids is 1. The minimum atomic E-state index is -1.13. The Labute approximate surface area is 86.1 Å². The molecule has 0 aromatic carbocycles. The summed E-state index contributed by atoms with van der Waals surface area (Å²) in [7, 11) is 0. The van der Waals surface area contributed by atoms with Gasteiger partial charge in [-0.2, -0.15) is 5.10 Å². The molecule has 0 bridgehead atoms. The van der Waals surface area contributed by atoms with Crippen LogP contribution in [-0.2, 0) is 0 Å². The van der Waals surface area contributed by atoms with Gasteiger partial charge in [-0.25, -0.2) is 9.78 Å². The predicted octanol–water partition coefficient (Wildman–Crippen LogP) is 1.53. The molecule has 72 valence electrons. The van der Waals surface area contributed by atoms with E-state index in [9.17, 15) is 4.79 Å². The van der Waals surface area contributed by atoms with Crippen molar-refractivity contribution in [3.05, 3.63) is 22.6 Å². The number of carboxylic acids is 1. The summed E-state index contributed by atoms with van der Waals surface area (Å²) in [5.74, 6) is -0.970. The van der Waals surface area contributed by atoms with E-state index in [2.05, 4.69) is 31.1 Å². The molecule has 0 spiro atoms. The Kier molecular flexibility index (Phi) is 2.08. The van der Waals surface area contributed by atoms with Gasteiger partial charge in [0.1, 0.15) is 6.26 Å². The Bertz CT molecular complexity index is 476. The molecule has 14 heavy (non-hydrogen) atoms. The topological polar surface area (TPSA) is 92.0 Å². The summed E-state index contributed by atoms with van der Waals surface area (Å²) in [4.78, 5) is 14.2. The lowest BCUT2D eigenvalue weighted by Gasteiger charge is -1.86. The van der Waals surface area contributed by atoms with Gasteiger partial charge in [-0.05, 0) is 15.9 Å². The van der Waals surface area contributed by atoms with Crippen molar-refractivity contribution in [2.24, 2.45) is 0 Å². The van der Waals surface area contributed by atoms with Gasteiger partial charge in [-0.15, -0.1) is 0 Å². The fraction of sp³-hybridized carbons (Fsp3) is 0. The van der Waals surface area contributed by atoms with Gasteiger partial charge in [0.2, 0.25) is 5.89 Å². The van der Waals surface area contributed by atoms with Crippen molar-refractivity contribution in [3.63, 3.8) is 0 Å². The number of halogens is 1. The van der Waals surface area contributed by atoms with Crippen molar-refractivity contribution < 1.29 is 14.3 Å². The smallest absolute Gasteiger partial charge is 0.357 e. The van der Waals surface area contributed by atoms with E-state index in [0.29, 0.717) is 10.2 Å². The number of rotatable bonds is 2. The van der Waals surface area contributed by atoms with E-state index in [1.165, 1.54) is 0 Å². The van der Waals surface area contributed by atoms with Crippen LogP contribution in [0.25, 0.3) is 11.6 Å². The van der Waals surface area contributed by atoms with Gasteiger partial charge >= 0.3 is 5.97 Å². The van der Waals surface area contributed by atoms with Crippen LogP contribution in [0.15, 0.2) is 21.3 Å². The fourth-order valence-corrected chi connectivity index (χ4v) is 1.27. The average molecular weight is 258 g/mol. The van der Waals surface area contributed by atoms with Crippen LogP contribution in [0, 0.1) is 0 Å². The molecule has 0 aliphatic carbocycles. The maximum Gasteiger partial charge on any atom is 0.357 e. The maximum atomic E-state index is 10.5. The molecule has 0 radical (unpaired) electrons. The number of hydrogen-bond acceptors (Lipinski definition) is 4. The molecule has 2 rings (SSSR count). The number of aromatic nitrogens is 3. The molecule has 0 amide bonds. The lowest BCUT2D eigenvalue weighted by atomic mass is 10.4. The number of oxazole rings is 1. The maximum absolute atomic E-state index is 10.5. The van der Waals surface area contributed by atoms with Crippen molar-refractivity contribution in [2.75, 3.05) is 0 Å². The summed E-state index contributed by atoms with van der Waals surface area (Å²) in [6.45, 7) is 0. The second-order valence-corrected chi connectivity index (χ2v) is 3.28. The van der Waals surface area contributed by atoms with E-state index < -0.39 is 5.97 Å². The molecular weight excluding hydrogens is 254 g/mol. The van der Waals surface area contributed by atoms with Crippen LogP contribution in [0.2, 0.25) is 0 Å². The van der Waals surface area contributed by atoms with Gasteiger partial charge in [0.05, 0.1) is 4.47 Å². The number of H-pyrrole nitrogens is 1. The van der Waals surface area contributed by atoms with E-state index in [0.717, 1.165) is 6.26 Å². The van der Waals surface area contributed by atoms with E-state index in [-0.39, 0.29) is 11.6 Å². The van der Waals surface area contributed by atoms with Gasteiger partial charge in [0, 0.05) is 6.20 Å². The molecular formula is C7H4BrN3O3. The molecule has 6 nitrogen and oxygen atoms in total. The Hall–Kier alpha value is -1.63. The number of aromatic amines is 1. The van der Waals surface area contributed by atoms with Gasteiger partial charge in [-0.1, -0.05) is 0 Å². The van der Waals surface area contributed by atoms with Gasteiger partial charge < -0.3 is 9.52 Å². The lowest BCUT2D eigenvalue weighted by Crippen LogP contribution is -1.95. The molecule has 0 unspecified atom stereocenters. The van der Waals surface area contributed by atoms with Crippen molar-refractivity contribution in [3.8, 4) is 11.6 Å². The molecule has 7 heteroatoms. The van der Waals surface area contributed by atoms with Crippen LogP contribution in [0.1, 0.15) is 10.5 Å². The third-order valence-electron chi connectivity index (χ3n) is 1.52. The second-order valence-electron chi connectivity index (χ2n) is 2.42. The minimum Gasteiger partial charge on any atom is -0.476 e. The number of carbonyl (C=O) groups is 1. The summed E-state index contributed by atoms with van der Waals surface area (Å²) in [6.07, 6.45) is 2.67. The minimum absolute atomic E-state index is 0.144. The molecule has 0 saturated carbocycles. The SMILES string of the molecule is O=C(O)c1coc(-c2n[nH]cc2Br)n1.